The molecule has 0 aliphatic heterocycles. The van der Waals surface area contributed by atoms with Gasteiger partial charge < -0.3 is 19.7 Å². The van der Waals surface area contributed by atoms with E-state index in [1.54, 1.807) is 12.1 Å². The molecule has 0 fully saturated rings. The molecule has 5 heteroatoms. The number of hydrogen-bond donors (Lipinski definition) is 2. The van der Waals surface area contributed by atoms with Gasteiger partial charge >= 0.3 is 5.97 Å². The van der Waals surface area contributed by atoms with Crippen molar-refractivity contribution in [1.82, 2.24) is 0 Å². The van der Waals surface area contributed by atoms with Crippen LogP contribution in [-0.2, 0) is 14.9 Å². The fourth-order valence-electron chi connectivity index (χ4n) is 2.41. The number of carbonyl (C=O) groups excluding carboxylic acids is 1. The topological polar surface area (TPSA) is 76.0 Å². The summed E-state index contributed by atoms with van der Waals surface area (Å²) < 4.78 is 10.4. The van der Waals surface area contributed by atoms with Crippen molar-refractivity contribution in [1.29, 1.82) is 0 Å². The molecule has 0 aliphatic rings. The Bertz CT molecular complexity index is 747. The van der Waals surface area contributed by atoms with E-state index < -0.39 is 5.97 Å². The van der Waals surface area contributed by atoms with Crippen LogP contribution < -0.4 is 4.74 Å². The maximum absolute atomic E-state index is 10.9. The van der Waals surface area contributed by atoms with Gasteiger partial charge in [-0.25, -0.2) is 4.79 Å². The number of ether oxygens (including phenoxy) is 2. The molecule has 0 spiro atoms. The van der Waals surface area contributed by atoms with Crippen LogP contribution in [0, 0.1) is 0 Å². The maximum Gasteiger partial charge on any atom is 0.330 e. The Morgan fingerprint density at radius 1 is 1.04 bits per heavy atom. The third kappa shape index (κ3) is 4.53. The van der Waals surface area contributed by atoms with E-state index in [9.17, 15) is 15.0 Å². The SMILES string of the molecule is C=CC(=O)OCCOc1ccc(C(C)(C)c2ccc(O)c(O)c2)cc1. The Morgan fingerprint density at radius 2 is 1.68 bits per heavy atom. The van der Waals surface area contributed by atoms with E-state index in [1.807, 2.05) is 38.1 Å². The Hall–Kier alpha value is -2.95. The normalized spacial score (nSPS) is 11.0. The van der Waals surface area contributed by atoms with E-state index in [4.69, 9.17) is 9.47 Å². The summed E-state index contributed by atoms with van der Waals surface area (Å²) >= 11 is 0. The minimum absolute atomic E-state index is 0.138. The van der Waals surface area contributed by atoms with Crippen molar-refractivity contribution in [2.45, 2.75) is 19.3 Å². The third-order valence-corrected chi connectivity index (χ3v) is 4.04. The van der Waals surface area contributed by atoms with Gasteiger partial charge in [0.2, 0.25) is 0 Å². The predicted molar refractivity (Wildman–Crippen MR) is 95.0 cm³/mol. The Balaban J connectivity index is 2.03. The van der Waals surface area contributed by atoms with Gasteiger partial charge in [-0.3, -0.25) is 0 Å². The summed E-state index contributed by atoms with van der Waals surface area (Å²) in [5.41, 5.74) is 1.55. The zero-order chi connectivity index (χ0) is 18.4. The minimum Gasteiger partial charge on any atom is -0.504 e. The van der Waals surface area contributed by atoms with Crippen molar-refractivity contribution in [3.05, 3.63) is 66.2 Å². The minimum atomic E-state index is -0.474. The lowest BCUT2D eigenvalue weighted by atomic mass is 9.78. The summed E-state index contributed by atoms with van der Waals surface area (Å²) in [4.78, 5) is 10.9. The molecular formula is C20H22O5. The highest BCUT2D eigenvalue weighted by Crippen LogP contribution is 2.36. The molecule has 0 amide bonds. The van der Waals surface area contributed by atoms with Gasteiger partial charge in [-0.2, -0.15) is 0 Å². The molecule has 2 N–H and O–H groups in total. The van der Waals surface area contributed by atoms with Gasteiger partial charge in [0, 0.05) is 11.5 Å². The second-order valence-electron chi connectivity index (χ2n) is 6.07. The Labute approximate surface area is 147 Å². The molecule has 2 aromatic rings. The van der Waals surface area contributed by atoms with E-state index in [1.165, 1.54) is 6.07 Å². The van der Waals surface area contributed by atoms with Gasteiger partial charge in [-0.15, -0.1) is 0 Å². The summed E-state index contributed by atoms with van der Waals surface area (Å²) in [7, 11) is 0. The third-order valence-electron chi connectivity index (χ3n) is 4.04. The fraction of sp³-hybridized carbons (Fsp3) is 0.250. The number of esters is 1. The number of phenolic OH excluding ortho intramolecular Hbond substituents is 2. The van der Waals surface area contributed by atoms with Crippen LogP contribution in [0.1, 0.15) is 25.0 Å². The molecule has 0 aromatic heterocycles. The summed E-state index contributed by atoms with van der Waals surface area (Å²) in [6, 6.07) is 12.4. The van der Waals surface area contributed by atoms with Crippen molar-refractivity contribution in [2.24, 2.45) is 0 Å². The largest absolute Gasteiger partial charge is 0.504 e. The molecule has 0 atom stereocenters. The van der Waals surface area contributed by atoms with Crippen molar-refractivity contribution < 1.29 is 24.5 Å². The molecule has 0 aliphatic carbocycles. The maximum atomic E-state index is 10.9. The predicted octanol–water partition coefficient (Wildman–Crippen LogP) is 3.53. The number of rotatable bonds is 7. The first kappa shape index (κ1) is 18.4. The van der Waals surface area contributed by atoms with Crippen LogP contribution >= 0.6 is 0 Å². The average molecular weight is 342 g/mol. The van der Waals surface area contributed by atoms with E-state index in [2.05, 4.69) is 6.58 Å². The van der Waals surface area contributed by atoms with Crippen LogP contribution in [0.15, 0.2) is 55.1 Å². The average Bonchev–Trinajstić information content (AvgIpc) is 2.61. The molecule has 0 radical (unpaired) electrons. The zero-order valence-corrected chi connectivity index (χ0v) is 14.4. The zero-order valence-electron chi connectivity index (χ0n) is 14.4. The van der Waals surface area contributed by atoms with Crippen molar-refractivity contribution in [3.63, 3.8) is 0 Å². The molecule has 2 aromatic carbocycles. The summed E-state index contributed by atoms with van der Waals surface area (Å²) in [5.74, 6) is -0.0827. The van der Waals surface area contributed by atoms with Crippen molar-refractivity contribution in [2.75, 3.05) is 13.2 Å². The van der Waals surface area contributed by atoms with Gasteiger partial charge in [-0.05, 0) is 35.4 Å². The van der Waals surface area contributed by atoms with Crippen LogP contribution in [0.2, 0.25) is 0 Å². The first-order valence-electron chi connectivity index (χ1n) is 7.89. The van der Waals surface area contributed by atoms with Crippen LogP contribution in [0.3, 0.4) is 0 Å². The molecular weight excluding hydrogens is 320 g/mol. The Morgan fingerprint density at radius 3 is 2.28 bits per heavy atom. The van der Waals surface area contributed by atoms with Gasteiger partial charge in [-0.1, -0.05) is 38.6 Å². The second kappa shape index (κ2) is 7.75. The van der Waals surface area contributed by atoms with Gasteiger partial charge in [0.1, 0.15) is 19.0 Å². The molecule has 132 valence electrons. The summed E-state index contributed by atoms with van der Waals surface area (Å²) in [6.45, 7) is 7.80. The van der Waals surface area contributed by atoms with Crippen LogP contribution in [0.4, 0.5) is 0 Å². The monoisotopic (exact) mass is 342 g/mol. The van der Waals surface area contributed by atoms with E-state index in [0.717, 1.165) is 17.2 Å². The fourth-order valence-corrected chi connectivity index (χ4v) is 2.41. The van der Waals surface area contributed by atoms with E-state index in [0.29, 0.717) is 5.75 Å². The summed E-state index contributed by atoms with van der Waals surface area (Å²) in [6.07, 6.45) is 1.11. The van der Waals surface area contributed by atoms with Crippen LogP contribution in [-0.4, -0.2) is 29.4 Å². The Kier molecular flexibility index (Phi) is 5.70. The lowest BCUT2D eigenvalue weighted by Gasteiger charge is -2.26. The molecule has 0 heterocycles. The van der Waals surface area contributed by atoms with Gasteiger partial charge in [0.15, 0.2) is 11.5 Å². The molecule has 25 heavy (non-hydrogen) atoms. The van der Waals surface area contributed by atoms with Crippen molar-refractivity contribution in [3.8, 4) is 17.2 Å². The standard InChI is InChI=1S/C20H22O5/c1-4-19(23)25-12-11-24-16-8-5-14(6-9-16)20(2,3)15-7-10-17(21)18(22)13-15/h4-10,13,21-22H,1,11-12H2,2-3H3. The number of aromatic hydroxyl groups is 2. The quantitative estimate of drug-likeness (QED) is 0.348. The first-order chi connectivity index (χ1) is 11.8. The first-order valence-corrected chi connectivity index (χ1v) is 7.89. The molecule has 0 saturated carbocycles. The van der Waals surface area contributed by atoms with E-state index >= 15 is 0 Å². The van der Waals surface area contributed by atoms with Crippen molar-refractivity contribution >= 4 is 5.97 Å². The highest BCUT2D eigenvalue weighted by molar-refractivity contribution is 5.81. The number of carbonyl (C=O) groups is 1. The van der Waals surface area contributed by atoms with Crippen LogP contribution in [0.25, 0.3) is 0 Å². The highest BCUT2D eigenvalue weighted by atomic mass is 16.6. The molecule has 2 rings (SSSR count). The van der Waals surface area contributed by atoms with Gasteiger partial charge in [0.25, 0.3) is 0 Å². The molecule has 0 bridgehead atoms. The number of hydrogen-bond acceptors (Lipinski definition) is 5. The molecule has 0 saturated heterocycles. The molecule has 5 nitrogen and oxygen atoms in total. The number of benzene rings is 2. The number of phenols is 2. The smallest absolute Gasteiger partial charge is 0.330 e. The lowest BCUT2D eigenvalue weighted by Crippen LogP contribution is -2.18. The van der Waals surface area contributed by atoms with Crippen LogP contribution in [0.5, 0.6) is 17.2 Å². The highest BCUT2D eigenvalue weighted by Gasteiger charge is 2.24. The van der Waals surface area contributed by atoms with Gasteiger partial charge in [0.05, 0.1) is 0 Å². The lowest BCUT2D eigenvalue weighted by molar-refractivity contribution is -0.138. The summed E-state index contributed by atoms with van der Waals surface area (Å²) in [5, 5.41) is 19.2. The second-order valence-corrected chi connectivity index (χ2v) is 6.07. The van der Waals surface area contributed by atoms with E-state index in [-0.39, 0.29) is 30.1 Å². The molecule has 0 unspecified atom stereocenters.